The normalized spacial score (nSPS) is 15.2. The highest BCUT2D eigenvalue weighted by molar-refractivity contribution is 6.03. The first-order valence-corrected chi connectivity index (χ1v) is 14.1. The van der Waals surface area contributed by atoms with Crippen LogP contribution in [0.2, 0.25) is 0 Å². The van der Waals surface area contributed by atoms with Gasteiger partial charge >= 0.3 is 6.09 Å². The molecular formula is C33H36N4O5. The molecule has 0 radical (unpaired) electrons. The van der Waals surface area contributed by atoms with E-state index in [1.807, 2.05) is 67.6 Å². The molecular weight excluding hydrogens is 532 g/mol. The van der Waals surface area contributed by atoms with Crippen LogP contribution >= 0.6 is 0 Å². The van der Waals surface area contributed by atoms with E-state index in [2.05, 4.69) is 16.0 Å². The summed E-state index contributed by atoms with van der Waals surface area (Å²) in [7, 11) is 0. The molecule has 0 saturated carbocycles. The zero-order valence-corrected chi connectivity index (χ0v) is 23.6. The quantitative estimate of drug-likeness (QED) is 0.264. The summed E-state index contributed by atoms with van der Waals surface area (Å²) in [5, 5.41) is 8.36. The predicted octanol–water partition coefficient (Wildman–Crippen LogP) is 5.52. The number of nitrogens with one attached hydrogen (secondary N) is 3. The van der Waals surface area contributed by atoms with E-state index >= 15 is 0 Å². The Kier molecular flexibility index (Phi) is 10.9. The van der Waals surface area contributed by atoms with Crippen molar-refractivity contribution < 1.29 is 23.9 Å². The van der Waals surface area contributed by atoms with E-state index in [1.54, 1.807) is 41.3 Å². The second-order valence-electron chi connectivity index (χ2n) is 9.99. The maximum Gasteiger partial charge on any atom is 0.408 e. The molecule has 0 unspecified atom stereocenters. The van der Waals surface area contributed by atoms with E-state index in [-0.39, 0.29) is 18.4 Å². The van der Waals surface area contributed by atoms with Gasteiger partial charge in [-0.15, -0.1) is 0 Å². The number of amides is 4. The van der Waals surface area contributed by atoms with Gasteiger partial charge < -0.3 is 25.6 Å². The summed E-state index contributed by atoms with van der Waals surface area (Å²) in [6.45, 7) is 2.43. The topological polar surface area (TPSA) is 117 Å². The van der Waals surface area contributed by atoms with Gasteiger partial charge in [0.25, 0.3) is 5.91 Å². The number of likely N-dealkylation sites (tertiary alicyclic amines) is 1. The third-order valence-electron chi connectivity index (χ3n) is 6.91. The van der Waals surface area contributed by atoms with Gasteiger partial charge in [0.2, 0.25) is 11.8 Å². The van der Waals surface area contributed by atoms with Crippen LogP contribution < -0.4 is 16.0 Å². The van der Waals surface area contributed by atoms with Gasteiger partial charge in [-0.3, -0.25) is 14.4 Å². The molecule has 1 aliphatic heterocycles. The van der Waals surface area contributed by atoms with Crippen molar-refractivity contribution in [2.24, 2.45) is 0 Å². The number of benzene rings is 3. The first-order chi connectivity index (χ1) is 20.4. The number of allylic oxidation sites excluding steroid dienone is 2. The van der Waals surface area contributed by atoms with E-state index in [0.717, 1.165) is 12.0 Å². The Morgan fingerprint density at radius 3 is 2.38 bits per heavy atom. The largest absolute Gasteiger partial charge is 0.445 e. The van der Waals surface area contributed by atoms with Crippen LogP contribution in [0.15, 0.2) is 97.1 Å². The number of alkyl carbamates (subject to hydrolysis) is 1. The van der Waals surface area contributed by atoms with Crippen molar-refractivity contribution in [2.75, 3.05) is 17.2 Å². The first-order valence-electron chi connectivity index (χ1n) is 14.1. The fraction of sp³-hybridized carbons (Fsp3) is 0.273. The lowest BCUT2D eigenvalue weighted by Gasteiger charge is -2.24. The van der Waals surface area contributed by atoms with Crippen molar-refractivity contribution in [1.29, 1.82) is 0 Å². The summed E-state index contributed by atoms with van der Waals surface area (Å²) in [5.74, 6) is -0.947. The van der Waals surface area contributed by atoms with Gasteiger partial charge in [0, 0.05) is 23.5 Å². The molecule has 0 aromatic heterocycles. The Labute approximate surface area is 245 Å². The third kappa shape index (κ3) is 8.54. The number of nitrogens with zero attached hydrogens (tertiary/aromatic N) is 1. The number of carbonyl (C=O) groups is 4. The monoisotopic (exact) mass is 568 g/mol. The lowest BCUT2D eigenvalue weighted by atomic mass is 10.1. The Hall–Kier alpha value is -4.92. The number of hydrogen-bond donors (Lipinski definition) is 3. The first kappa shape index (κ1) is 30.0. The Morgan fingerprint density at radius 1 is 0.929 bits per heavy atom. The van der Waals surface area contributed by atoms with Crippen LogP contribution in [0.1, 0.15) is 48.5 Å². The smallest absolute Gasteiger partial charge is 0.408 e. The fourth-order valence-electron chi connectivity index (χ4n) is 4.76. The SMILES string of the molecule is C/C=C/CC[C@H](NC(=O)OCc1ccccc1)C(=O)Nc1cccc(C(=O)N2CCC[C@@H]2C(=O)Nc2ccccc2)c1. The molecule has 0 bridgehead atoms. The molecule has 1 heterocycles. The molecule has 3 aromatic rings. The molecule has 0 spiro atoms. The second-order valence-corrected chi connectivity index (χ2v) is 9.99. The summed E-state index contributed by atoms with van der Waals surface area (Å²) in [6, 6.07) is 23.6. The van der Waals surface area contributed by atoms with Gasteiger partial charge in [-0.25, -0.2) is 4.79 Å². The molecule has 4 amide bonds. The highest BCUT2D eigenvalue weighted by Crippen LogP contribution is 2.23. The van der Waals surface area contributed by atoms with Crippen LogP contribution in [0, 0.1) is 0 Å². The van der Waals surface area contributed by atoms with Crippen molar-refractivity contribution in [1.82, 2.24) is 10.2 Å². The van der Waals surface area contributed by atoms with Crippen LogP contribution in [0.25, 0.3) is 0 Å². The van der Waals surface area contributed by atoms with E-state index in [9.17, 15) is 19.2 Å². The fourth-order valence-corrected chi connectivity index (χ4v) is 4.76. The highest BCUT2D eigenvalue weighted by Gasteiger charge is 2.34. The molecule has 3 aromatic carbocycles. The van der Waals surface area contributed by atoms with Crippen LogP contribution in [0.4, 0.5) is 16.2 Å². The zero-order valence-electron chi connectivity index (χ0n) is 23.6. The Morgan fingerprint density at radius 2 is 1.64 bits per heavy atom. The average molecular weight is 569 g/mol. The lowest BCUT2D eigenvalue weighted by Crippen LogP contribution is -2.44. The second kappa shape index (κ2) is 15.2. The van der Waals surface area contributed by atoms with Crippen LogP contribution in [0.3, 0.4) is 0 Å². The average Bonchev–Trinajstić information content (AvgIpc) is 3.51. The van der Waals surface area contributed by atoms with Crippen molar-refractivity contribution in [3.8, 4) is 0 Å². The van der Waals surface area contributed by atoms with Crippen LogP contribution in [-0.2, 0) is 20.9 Å². The van der Waals surface area contributed by atoms with E-state index in [4.69, 9.17) is 4.74 Å². The molecule has 218 valence electrons. The summed E-state index contributed by atoms with van der Waals surface area (Å²) >= 11 is 0. The van der Waals surface area contributed by atoms with Gasteiger partial charge in [-0.1, -0.05) is 66.7 Å². The molecule has 4 rings (SSSR count). The Bertz CT molecular complexity index is 1390. The van der Waals surface area contributed by atoms with Gasteiger partial charge in [-0.05, 0) is 68.5 Å². The predicted molar refractivity (Wildman–Crippen MR) is 162 cm³/mol. The van der Waals surface area contributed by atoms with Gasteiger partial charge in [0.1, 0.15) is 18.7 Å². The molecule has 3 N–H and O–H groups in total. The summed E-state index contributed by atoms with van der Waals surface area (Å²) in [6.07, 6.45) is 5.32. The van der Waals surface area contributed by atoms with Gasteiger partial charge in [-0.2, -0.15) is 0 Å². The summed E-state index contributed by atoms with van der Waals surface area (Å²) in [5.41, 5.74) is 2.27. The minimum Gasteiger partial charge on any atom is -0.445 e. The van der Waals surface area contributed by atoms with Gasteiger partial charge in [0.05, 0.1) is 0 Å². The van der Waals surface area contributed by atoms with E-state index < -0.39 is 24.1 Å². The minimum absolute atomic E-state index is 0.0842. The van der Waals surface area contributed by atoms with Crippen molar-refractivity contribution in [3.63, 3.8) is 0 Å². The molecule has 9 heteroatoms. The van der Waals surface area contributed by atoms with E-state index in [1.165, 1.54) is 0 Å². The molecule has 1 saturated heterocycles. The standard InChI is InChI=1S/C33H36N4O5/c1-2-3-6-19-28(36-33(41)42-23-24-13-7-4-8-14-24)30(38)35-27-18-11-15-25(22-27)32(40)37-21-12-20-29(37)31(39)34-26-16-9-5-10-17-26/h2-5,7-11,13-18,22,28-29H,6,12,19-21,23H2,1H3,(H,34,39)(H,35,38)(H,36,41)/b3-2+/t28-,29+/m0/s1. The van der Waals surface area contributed by atoms with Crippen molar-refractivity contribution in [3.05, 3.63) is 108 Å². The number of rotatable bonds is 11. The zero-order chi connectivity index (χ0) is 29.7. The van der Waals surface area contributed by atoms with Crippen molar-refractivity contribution >= 4 is 35.2 Å². The number of ether oxygens (including phenoxy) is 1. The molecule has 0 aliphatic carbocycles. The maximum atomic E-state index is 13.4. The number of hydrogen-bond acceptors (Lipinski definition) is 5. The molecule has 1 aliphatic rings. The summed E-state index contributed by atoms with van der Waals surface area (Å²) < 4.78 is 5.31. The molecule has 1 fully saturated rings. The number of anilines is 2. The minimum atomic E-state index is -0.853. The third-order valence-corrected chi connectivity index (χ3v) is 6.91. The van der Waals surface area contributed by atoms with Gasteiger partial charge in [0.15, 0.2) is 0 Å². The molecule has 42 heavy (non-hydrogen) atoms. The van der Waals surface area contributed by atoms with E-state index in [0.29, 0.717) is 42.7 Å². The highest BCUT2D eigenvalue weighted by atomic mass is 16.5. The molecule has 9 nitrogen and oxygen atoms in total. The van der Waals surface area contributed by atoms with Crippen LogP contribution in [0.5, 0.6) is 0 Å². The summed E-state index contributed by atoms with van der Waals surface area (Å²) in [4.78, 5) is 53.7. The maximum absolute atomic E-state index is 13.4. The number of carbonyl (C=O) groups excluding carboxylic acids is 4. The molecule has 2 atom stereocenters. The Balaban J connectivity index is 1.39. The van der Waals surface area contributed by atoms with Crippen LogP contribution in [-0.4, -0.2) is 47.3 Å². The number of para-hydroxylation sites is 1. The van der Waals surface area contributed by atoms with Crippen molar-refractivity contribution in [2.45, 2.75) is 51.3 Å². The lowest BCUT2D eigenvalue weighted by molar-refractivity contribution is -0.120.